The number of hydrogen-bond acceptors (Lipinski definition) is 3. The standard InChI is InChI=1S/C7H5BrClNO3/c8-5-1-4(3-11)2-6(9)7(5)10(12)13/h1-2,11H,3H2. The number of nitro groups is 1. The van der Waals surface area contributed by atoms with Crippen molar-refractivity contribution in [1.82, 2.24) is 0 Å². The number of aliphatic hydroxyl groups excluding tert-OH is 1. The van der Waals surface area contributed by atoms with E-state index in [4.69, 9.17) is 16.7 Å². The molecule has 0 saturated carbocycles. The summed E-state index contributed by atoms with van der Waals surface area (Å²) in [6.45, 7) is -0.198. The second-order valence-electron chi connectivity index (χ2n) is 2.32. The molecular formula is C7H5BrClNO3. The van der Waals surface area contributed by atoms with Gasteiger partial charge < -0.3 is 5.11 Å². The zero-order chi connectivity index (χ0) is 10.0. The Kier molecular flexibility index (Phi) is 3.24. The van der Waals surface area contributed by atoms with Gasteiger partial charge in [-0.25, -0.2) is 0 Å². The zero-order valence-electron chi connectivity index (χ0n) is 6.33. The highest BCUT2D eigenvalue weighted by atomic mass is 79.9. The molecule has 6 heteroatoms. The molecule has 0 unspecified atom stereocenters. The Balaban J connectivity index is 3.31. The minimum atomic E-state index is -0.576. The van der Waals surface area contributed by atoms with E-state index in [1.54, 1.807) is 0 Å². The van der Waals surface area contributed by atoms with E-state index >= 15 is 0 Å². The summed E-state index contributed by atoms with van der Waals surface area (Å²) in [5.74, 6) is 0. The second-order valence-corrected chi connectivity index (χ2v) is 3.58. The average Bonchev–Trinajstić information content (AvgIpc) is 2.02. The second kappa shape index (κ2) is 4.04. The lowest BCUT2D eigenvalue weighted by molar-refractivity contribution is -0.385. The van der Waals surface area contributed by atoms with Crippen LogP contribution in [0.4, 0.5) is 5.69 Å². The van der Waals surface area contributed by atoms with Crippen molar-refractivity contribution in [2.75, 3.05) is 0 Å². The number of hydrogen-bond donors (Lipinski definition) is 1. The number of nitrogens with zero attached hydrogens (tertiary/aromatic N) is 1. The van der Waals surface area contributed by atoms with Gasteiger partial charge in [-0.05, 0) is 33.6 Å². The Morgan fingerprint density at radius 1 is 1.62 bits per heavy atom. The van der Waals surface area contributed by atoms with Crippen LogP contribution >= 0.6 is 27.5 Å². The molecule has 0 aromatic heterocycles. The molecule has 0 aliphatic rings. The van der Waals surface area contributed by atoms with E-state index in [-0.39, 0.29) is 21.8 Å². The molecular weight excluding hydrogens is 261 g/mol. The molecule has 0 aliphatic carbocycles. The largest absolute Gasteiger partial charge is 0.392 e. The molecule has 0 amide bonds. The van der Waals surface area contributed by atoms with Crippen LogP contribution < -0.4 is 0 Å². The molecule has 0 aliphatic heterocycles. The van der Waals surface area contributed by atoms with Crippen LogP contribution in [0.5, 0.6) is 0 Å². The first-order chi connectivity index (χ1) is 6.06. The van der Waals surface area contributed by atoms with Crippen molar-refractivity contribution in [3.8, 4) is 0 Å². The number of aliphatic hydroxyl groups is 1. The van der Waals surface area contributed by atoms with Gasteiger partial charge in [-0.2, -0.15) is 0 Å². The quantitative estimate of drug-likeness (QED) is 0.661. The summed E-state index contributed by atoms with van der Waals surface area (Å²) in [6.07, 6.45) is 0. The van der Waals surface area contributed by atoms with Gasteiger partial charge in [0.2, 0.25) is 0 Å². The summed E-state index contributed by atoms with van der Waals surface area (Å²) < 4.78 is 0.272. The van der Waals surface area contributed by atoms with Gasteiger partial charge in [0, 0.05) is 0 Å². The first kappa shape index (κ1) is 10.4. The smallest absolute Gasteiger partial charge is 0.301 e. The fourth-order valence-corrected chi connectivity index (χ4v) is 1.96. The lowest BCUT2D eigenvalue weighted by atomic mass is 10.2. The van der Waals surface area contributed by atoms with Crippen molar-refractivity contribution in [1.29, 1.82) is 0 Å². The third kappa shape index (κ3) is 2.18. The van der Waals surface area contributed by atoms with Crippen LogP contribution in [-0.4, -0.2) is 10.0 Å². The Hall–Kier alpha value is -0.650. The molecule has 70 valence electrons. The molecule has 0 heterocycles. The van der Waals surface area contributed by atoms with Crippen molar-refractivity contribution in [2.45, 2.75) is 6.61 Å². The Bertz CT molecular complexity index is 333. The van der Waals surface area contributed by atoms with Gasteiger partial charge in [0.25, 0.3) is 0 Å². The lowest BCUT2D eigenvalue weighted by Crippen LogP contribution is -1.93. The maximum Gasteiger partial charge on any atom is 0.301 e. The molecule has 0 fully saturated rings. The van der Waals surface area contributed by atoms with Crippen LogP contribution in [0.1, 0.15) is 5.56 Å². The van der Waals surface area contributed by atoms with Gasteiger partial charge in [-0.3, -0.25) is 10.1 Å². The van der Waals surface area contributed by atoms with E-state index < -0.39 is 4.92 Å². The minimum absolute atomic E-state index is 0.0171. The van der Waals surface area contributed by atoms with E-state index in [9.17, 15) is 10.1 Å². The maximum absolute atomic E-state index is 10.5. The first-order valence-electron chi connectivity index (χ1n) is 3.29. The van der Waals surface area contributed by atoms with Gasteiger partial charge in [0.05, 0.1) is 16.0 Å². The van der Waals surface area contributed by atoms with Crippen LogP contribution in [-0.2, 0) is 6.61 Å². The van der Waals surface area contributed by atoms with Gasteiger partial charge in [0.1, 0.15) is 5.02 Å². The maximum atomic E-state index is 10.5. The predicted octanol–water partition coefficient (Wildman–Crippen LogP) is 2.50. The molecule has 0 bridgehead atoms. The third-order valence-electron chi connectivity index (χ3n) is 1.44. The monoisotopic (exact) mass is 265 g/mol. The fourth-order valence-electron chi connectivity index (χ4n) is 0.884. The number of nitro benzene ring substituents is 1. The summed E-state index contributed by atoms with van der Waals surface area (Å²) >= 11 is 8.63. The van der Waals surface area contributed by atoms with Crippen LogP contribution in [0.3, 0.4) is 0 Å². The van der Waals surface area contributed by atoms with Crippen molar-refractivity contribution in [3.05, 3.63) is 37.3 Å². The molecule has 0 saturated heterocycles. The number of rotatable bonds is 2. The molecule has 1 rings (SSSR count). The topological polar surface area (TPSA) is 63.4 Å². The Labute approximate surface area is 87.4 Å². The van der Waals surface area contributed by atoms with E-state index in [2.05, 4.69) is 15.9 Å². The molecule has 0 spiro atoms. The van der Waals surface area contributed by atoms with Crippen molar-refractivity contribution < 1.29 is 10.0 Å². The number of halogens is 2. The van der Waals surface area contributed by atoms with Crippen LogP contribution in [0.15, 0.2) is 16.6 Å². The van der Waals surface area contributed by atoms with Gasteiger partial charge >= 0.3 is 5.69 Å². The molecule has 1 aromatic rings. The minimum Gasteiger partial charge on any atom is -0.392 e. The summed E-state index contributed by atoms with van der Waals surface area (Å²) in [6, 6.07) is 2.83. The van der Waals surface area contributed by atoms with Crippen LogP contribution in [0.25, 0.3) is 0 Å². The fraction of sp³-hybridized carbons (Fsp3) is 0.143. The van der Waals surface area contributed by atoms with Gasteiger partial charge in [-0.1, -0.05) is 11.6 Å². The van der Waals surface area contributed by atoms with E-state index in [0.29, 0.717) is 5.56 Å². The first-order valence-corrected chi connectivity index (χ1v) is 4.46. The highest BCUT2D eigenvalue weighted by Crippen LogP contribution is 2.33. The van der Waals surface area contributed by atoms with Gasteiger partial charge in [-0.15, -0.1) is 0 Å². The van der Waals surface area contributed by atoms with Crippen molar-refractivity contribution in [2.24, 2.45) is 0 Å². The summed E-state index contributed by atoms with van der Waals surface area (Å²) in [5, 5.41) is 19.3. The average molecular weight is 266 g/mol. The molecule has 13 heavy (non-hydrogen) atoms. The predicted molar refractivity (Wildman–Crippen MR) is 51.7 cm³/mol. The summed E-state index contributed by atoms with van der Waals surface area (Å²) in [4.78, 5) is 9.90. The highest BCUT2D eigenvalue weighted by Gasteiger charge is 2.17. The molecule has 1 N–H and O–H groups in total. The number of benzene rings is 1. The normalized spacial score (nSPS) is 10.1. The van der Waals surface area contributed by atoms with E-state index in [1.165, 1.54) is 12.1 Å². The molecule has 0 atom stereocenters. The molecule has 4 nitrogen and oxygen atoms in total. The Morgan fingerprint density at radius 2 is 2.23 bits per heavy atom. The summed E-state index contributed by atoms with van der Waals surface area (Å²) in [7, 11) is 0. The molecule has 1 aromatic carbocycles. The van der Waals surface area contributed by atoms with E-state index in [1.807, 2.05) is 0 Å². The van der Waals surface area contributed by atoms with Gasteiger partial charge in [0.15, 0.2) is 0 Å². The third-order valence-corrected chi connectivity index (χ3v) is 2.33. The Morgan fingerprint density at radius 3 is 2.62 bits per heavy atom. The van der Waals surface area contributed by atoms with Crippen molar-refractivity contribution in [3.63, 3.8) is 0 Å². The van der Waals surface area contributed by atoms with Crippen molar-refractivity contribution >= 4 is 33.2 Å². The van der Waals surface area contributed by atoms with E-state index in [0.717, 1.165) is 0 Å². The summed E-state index contributed by atoms with van der Waals surface area (Å²) in [5.41, 5.74) is 0.348. The molecule has 0 radical (unpaired) electrons. The van der Waals surface area contributed by atoms with Crippen LogP contribution in [0, 0.1) is 10.1 Å². The highest BCUT2D eigenvalue weighted by molar-refractivity contribution is 9.10. The lowest BCUT2D eigenvalue weighted by Gasteiger charge is -2.01. The van der Waals surface area contributed by atoms with Crippen LogP contribution in [0.2, 0.25) is 5.02 Å². The SMILES string of the molecule is O=[N+]([O-])c1c(Cl)cc(CO)cc1Br. The zero-order valence-corrected chi connectivity index (χ0v) is 8.67.